The summed E-state index contributed by atoms with van der Waals surface area (Å²) in [5.74, 6) is 0.917. The van der Waals surface area contributed by atoms with Crippen molar-refractivity contribution in [1.29, 1.82) is 0 Å². The number of fused-ring (bicyclic) bond motifs is 1. The van der Waals surface area contributed by atoms with E-state index < -0.39 is 32.2 Å². The molecule has 0 saturated carbocycles. The van der Waals surface area contributed by atoms with Gasteiger partial charge >= 0.3 is 6.18 Å². The first-order chi connectivity index (χ1) is 26.9. The average Bonchev–Trinajstić information content (AvgIpc) is 3.83. The Hall–Kier alpha value is -6.26. The van der Waals surface area contributed by atoms with Crippen molar-refractivity contribution < 1.29 is 40.6 Å². The number of hydrogen-bond donors (Lipinski definition) is 1. The van der Waals surface area contributed by atoms with Gasteiger partial charge in [0.2, 0.25) is 15.8 Å². The number of carbonyl (C=O) groups is 1. The molecule has 5 aromatic carbocycles. The molecule has 2 heterocycles. The minimum atomic E-state index is -5.14. The van der Waals surface area contributed by atoms with Crippen molar-refractivity contribution in [2.75, 3.05) is 21.3 Å². The zero-order valence-electron chi connectivity index (χ0n) is 30.4. The molecule has 0 unspecified atom stereocenters. The van der Waals surface area contributed by atoms with E-state index in [1.54, 1.807) is 91.0 Å². The molecule has 1 amide bonds. The fraction of sp³-hybridized carbons (Fsp3) is 0.200. The van der Waals surface area contributed by atoms with Crippen LogP contribution in [0.4, 0.5) is 13.2 Å². The first-order valence-corrected chi connectivity index (χ1v) is 18.7. The molecule has 6 aromatic rings. The number of amides is 1. The molecule has 1 aliphatic rings. The number of nitrogens with zero attached hydrogens (tertiary/aromatic N) is 5. The average molecular weight is 785 g/mol. The lowest BCUT2D eigenvalue weighted by Crippen LogP contribution is -2.32. The highest BCUT2D eigenvalue weighted by Gasteiger charge is 2.43. The van der Waals surface area contributed by atoms with Crippen molar-refractivity contribution in [2.24, 2.45) is 0 Å². The minimum Gasteiger partial charge on any atom is -0.497 e. The monoisotopic (exact) mass is 784 g/mol. The predicted octanol–water partition coefficient (Wildman–Crippen LogP) is 6.73. The second kappa shape index (κ2) is 15.5. The molecular weight excluding hydrogens is 750 g/mol. The van der Waals surface area contributed by atoms with Gasteiger partial charge in [-0.1, -0.05) is 54.6 Å². The maximum atomic E-state index is 15.3. The van der Waals surface area contributed by atoms with Gasteiger partial charge in [-0.25, -0.2) is 8.42 Å². The summed E-state index contributed by atoms with van der Waals surface area (Å²) in [5, 5.41) is 15.5. The van der Waals surface area contributed by atoms with Crippen LogP contribution in [-0.4, -0.2) is 60.2 Å². The second-order valence-electron chi connectivity index (χ2n) is 12.8. The molecule has 7 rings (SSSR count). The van der Waals surface area contributed by atoms with Crippen molar-refractivity contribution in [2.45, 2.75) is 37.3 Å². The predicted molar refractivity (Wildman–Crippen MR) is 199 cm³/mol. The summed E-state index contributed by atoms with van der Waals surface area (Å²) in [6.07, 6.45) is -5.14. The van der Waals surface area contributed by atoms with E-state index in [9.17, 15) is 4.79 Å². The Labute approximate surface area is 320 Å². The van der Waals surface area contributed by atoms with Crippen LogP contribution in [0.1, 0.15) is 38.2 Å². The van der Waals surface area contributed by atoms with E-state index in [1.807, 2.05) is 0 Å². The van der Waals surface area contributed by atoms with E-state index in [2.05, 4.69) is 20.7 Å². The molecule has 1 aliphatic heterocycles. The smallest absolute Gasteiger partial charge is 0.417 e. The summed E-state index contributed by atoms with van der Waals surface area (Å²) < 4.78 is 93.2. The SMILES string of the molecule is COc1ccc(CN(Cc2ccc(OC)cc2)S(=O)(=O)c2c(C(F)(F)F)ccc(-c3cccc4c3CNC4=O)c2-c2nnn(Cc3ccc(OC)cc3)n2)cc1. The van der Waals surface area contributed by atoms with E-state index in [1.165, 1.54) is 32.2 Å². The first kappa shape index (κ1) is 38.0. The van der Waals surface area contributed by atoms with Gasteiger partial charge in [-0.15, -0.1) is 10.2 Å². The topological polar surface area (TPSA) is 138 Å². The fourth-order valence-electron chi connectivity index (χ4n) is 6.56. The van der Waals surface area contributed by atoms with Crippen LogP contribution in [0.25, 0.3) is 22.5 Å². The van der Waals surface area contributed by atoms with Crippen LogP contribution < -0.4 is 19.5 Å². The molecule has 56 heavy (non-hydrogen) atoms. The lowest BCUT2D eigenvalue weighted by atomic mass is 9.91. The summed E-state index contributed by atoms with van der Waals surface area (Å²) in [4.78, 5) is 12.8. The standard InChI is InChI=1S/C40H35F3N6O6S/c1-53-28-13-7-25(8-14-28)22-48(23-26-9-15-29(54-2)16-10-26)56(51,52)37-35(40(41,42)43)20-19-32(31-5-4-6-33-34(31)21-44-39(33)50)36(37)38-45-47-49(46-38)24-27-11-17-30(55-3)18-12-27/h4-20H,21-24H2,1-3H3,(H,44,50). The maximum absolute atomic E-state index is 15.3. The molecule has 0 spiro atoms. The minimum absolute atomic E-state index is 0.0631. The van der Waals surface area contributed by atoms with Crippen LogP contribution in [-0.2, 0) is 42.4 Å². The van der Waals surface area contributed by atoms with Crippen molar-refractivity contribution in [1.82, 2.24) is 29.8 Å². The third kappa shape index (κ3) is 7.65. The van der Waals surface area contributed by atoms with Gasteiger partial charge in [0.05, 0.1) is 39.0 Å². The number of sulfonamides is 1. The summed E-state index contributed by atoms with van der Waals surface area (Å²) in [6, 6.07) is 26.8. The van der Waals surface area contributed by atoms with E-state index in [-0.39, 0.29) is 43.5 Å². The van der Waals surface area contributed by atoms with Gasteiger partial charge in [0.25, 0.3) is 5.91 Å². The Morgan fingerprint density at radius 1 is 0.732 bits per heavy atom. The van der Waals surface area contributed by atoms with E-state index in [0.29, 0.717) is 45.1 Å². The number of alkyl halides is 3. The number of rotatable bonds is 13. The number of aromatic nitrogens is 4. The molecule has 0 fully saturated rings. The van der Waals surface area contributed by atoms with Gasteiger partial charge in [0.15, 0.2) is 0 Å². The van der Waals surface area contributed by atoms with E-state index in [0.717, 1.165) is 15.9 Å². The van der Waals surface area contributed by atoms with Gasteiger partial charge in [-0.2, -0.15) is 22.3 Å². The molecule has 1 aromatic heterocycles. The molecule has 16 heteroatoms. The van der Waals surface area contributed by atoms with Crippen LogP contribution in [0.5, 0.6) is 17.2 Å². The Balaban J connectivity index is 1.46. The normalized spacial score (nSPS) is 12.7. The van der Waals surface area contributed by atoms with Crippen LogP contribution in [0, 0.1) is 0 Å². The Bertz CT molecular complexity index is 2440. The summed E-state index contributed by atoms with van der Waals surface area (Å²) >= 11 is 0. The molecule has 0 radical (unpaired) electrons. The lowest BCUT2D eigenvalue weighted by molar-refractivity contribution is -0.139. The van der Waals surface area contributed by atoms with Crippen molar-refractivity contribution >= 4 is 15.9 Å². The Kier molecular flexibility index (Phi) is 10.5. The van der Waals surface area contributed by atoms with E-state index in [4.69, 9.17) is 14.2 Å². The van der Waals surface area contributed by atoms with Gasteiger partial charge in [-0.05, 0) is 87.1 Å². The fourth-order valence-corrected chi connectivity index (χ4v) is 8.37. The number of halogens is 3. The highest BCUT2D eigenvalue weighted by Crippen LogP contribution is 2.46. The molecular formula is C40H35F3N6O6S. The maximum Gasteiger partial charge on any atom is 0.417 e. The Morgan fingerprint density at radius 3 is 1.80 bits per heavy atom. The Morgan fingerprint density at radius 2 is 1.27 bits per heavy atom. The number of benzene rings is 5. The van der Waals surface area contributed by atoms with Crippen LogP contribution in [0.15, 0.2) is 108 Å². The zero-order chi connectivity index (χ0) is 39.6. The molecule has 0 aliphatic carbocycles. The highest BCUT2D eigenvalue weighted by molar-refractivity contribution is 7.89. The number of methoxy groups -OCH3 is 3. The van der Waals surface area contributed by atoms with Crippen molar-refractivity contribution in [3.05, 3.63) is 137 Å². The van der Waals surface area contributed by atoms with Crippen LogP contribution >= 0.6 is 0 Å². The van der Waals surface area contributed by atoms with Crippen LogP contribution in [0.3, 0.4) is 0 Å². The second-order valence-corrected chi connectivity index (χ2v) is 14.7. The van der Waals surface area contributed by atoms with Gasteiger partial charge in [0, 0.05) is 25.2 Å². The van der Waals surface area contributed by atoms with E-state index >= 15 is 21.6 Å². The van der Waals surface area contributed by atoms with Crippen molar-refractivity contribution in [3.8, 4) is 39.8 Å². The lowest BCUT2D eigenvalue weighted by Gasteiger charge is -2.27. The summed E-state index contributed by atoms with van der Waals surface area (Å²) in [7, 11) is -0.599. The highest BCUT2D eigenvalue weighted by atomic mass is 32.2. The zero-order valence-corrected chi connectivity index (χ0v) is 31.2. The largest absolute Gasteiger partial charge is 0.497 e. The summed E-state index contributed by atoms with van der Waals surface area (Å²) in [6.45, 7) is -0.481. The molecule has 0 saturated heterocycles. The molecule has 0 atom stereocenters. The first-order valence-electron chi connectivity index (χ1n) is 17.2. The number of carbonyl (C=O) groups excluding carboxylic acids is 1. The quantitative estimate of drug-likeness (QED) is 0.135. The third-order valence-electron chi connectivity index (χ3n) is 9.39. The number of tetrazole rings is 1. The summed E-state index contributed by atoms with van der Waals surface area (Å²) in [5.41, 5.74) is 1.08. The molecule has 0 bridgehead atoms. The third-order valence-corrected chi connectivity index (χ3v) is 11.3. The van der Waals surface area contributed by atoms with Gasteiger partial charge in [0.1, 0.15) is 22.1 Å². The molecule has 288 valence electrons. The van der Waals surface area contributed by atoms with Gasteiger partial charge in [-0.3, -0.25) is 4.79 Å². The number of hydrogen-bond acceptors (Lipinski definition) is 9. The van der Waals surface area contributed by atoms with Gasteiger partial charge < -0.3 is 19.5 Å². The number of nitrogens with one attached hydrogen (secondary N) is 1. The number of ether oxygens (including phenoxy) is 3. The molecule has 1 N–H and O–H groups in total. The van der Waals surface area contributed by atoms with Crippen LogP contribution in [0.2, 0.25) is 0 Å². The molecule has 12 nitrogen and oxygen atoms in total. The van der Waals surface area contributed by atoms with Crippen molar-refractivity contribution in [3.63, 3.8) is 0 Å².